The lowest BCUT2D eigenvalue weighted by molar-refractivity contribution is 0.217. The molecule has 2 heterocycles. The molecule has 118 valence electrons. The minimum absolute atomic E-state index is 0.315. The van der Waals surface area contributed by atoms with Crippen molar-refractivity contribution in [2.24, 2.45) is 0 Å². The SMILES string of the molecule is CNc1cc(F)cc(C#Cc2cncc(OC[C@@H]3CCN3)c2)c1. The summed E-state index contributed by atoms with van der Waals surface area (Å²) in [6.45, 7) is 1.69. The molecule has 4 nitrogen and oxygen atoms in total. The number of anilines is 1. The van der Waals surface area contributed by atoms with Crippen molar-refractivity contribution in [3.05, 3.63) is 53.6 Å². The van der Waals surface area contributed by atoms with Crippen LogP contribution in [0.2, 0.25) is 0 Å². The summed E-state index contributed by atoms with van der Waals surface area (Å²) in [5, 5.41) is 6.19. The Bertz CT molecular complexity index is 747. The van der Waals surface area contributed by atoms with Gasteiger partial charge in [-0.05, 0) is 37.2 Å². The first-order valence-electron chi connectivity index (χ1n) is 7.54. The summed E-state index contributed by atoms with van der Waals surface area (Å²) in [5.41, 5.74) is 2.04. The van der Waals surface area contributed by atoms with Gasteiger partial charge < -0.3 is 15.4 Å². The van der Waals surface area contributed by atoms with Crippen molar-refractivity contribution >= 4 is 5.69 Å². The molecule has 0 bridgehead atoms. The topological polar surface area (TPSA) is 46.2 Å². The first kappa shape index (κ1) is 15.3. The molecule has 1 aliphatic heterocycles. The van der Waals surface area contributed by atoms with Crippen molar-refractivity contribution in [2.75, 3.05) is 25.5 Å². The lowest BCUT2D eigenvalue weighted by Gasteiger charge is -2.27. The van der Waals surface area contributed by atoms with Crippen molar-refractivity contribution < 1.29 is 9.13 Å². The van der Waals surface area contributed by atoms with E-state index in [1.54, 1.807) is 25.5 Å². The Morgan fingerprint density at radius 3 is 2.83 bits per heavy atom. The third kappa shape index (κ3) is 4.21. The maximum atomic E-state index is 13.5. The second-order valence-corrected chi connectivity index (χ2v) is 5.39. The number of rotatable bonds is 4. The van der Waals surface area contributed by atoms with Crippen LogP contribution in [0, 0.1) is 17.7 Å². The molecular formula is C18H18FN3O. The first-order valence-corrected chi connectivity index (χ1v) is 7.54. The van der Waals surface area contributed by atoms with Gasteiger partial charge in [0.15, 0.2) is 0 Å². The van der Waals surface area contributed by atoms with Crippen LogP contribution in [-0.2, 0) is 0 Å². The molecule has 1 aromatic heterocycles. The third-order valence-electron chi connectivity index (χ3n) is 3.63. The Morgan fingerprint density at radius 1 is 1.26 bits per heavy atom. The van der Waals surface area contributed by atoms with E-state index in [0.29, 0.717) is 29.6 Å². The van der Waals surface area contributed by atoms with Crippen LogP contribution in [0.5, 0.6) is 5.75 Å². The van der Waals surface area contributed by atoms with Crippen molar-refractivity contribution in [3.63, 3.8) is 0 Å². The van der Waals surface area contributed by atoms with E-state index in [1.807, 2.05) is 6.07 Å². The van der Waals surface area contributed by atoms with E-state index in [9.17, 15) is 4.39 Å². The summed E-state index contributed by atoms with van der Waals surface area (Å²) in [7, 11) is 1.74. The fraction of sp³-hybridized carbons (Fsp3) is 0.278. The smallest absolute Gasteiger partial charge is 0.138 e. The molecule has 5 heteroatoms. The molecule has 0 aliphatic carbocycles. The summed E-state index contributed by atoms with van der Waals surface area (Å²) >= 11 is 0. The molecule has 1 aliphatic rings. The van der Waals surface area contributed by atoms with Gasteiger partial charge in [0.25, 0.3) is 0 Å². The highest BCUT2D eigenvalue weighted by atomic mass is 19.1. The van der Waals surface area contributed by atoms with E-state index in [4.69, 9.17) is 4.74 Å². The number of aromatic nitrogens is 1. The Kier molecular flexibility index (Phi) is 4.74. The standard InChI is InChI=1S/C18H18FN3O/c1-20-17-7-13(6-15(19)9-17)2-3-14-8-18(11-21-10-14)23-12-16-4-5-22-16/h6-11,16,20,22H,4-5,12H2,1H3/t16-/m0/s1. The Labute approximate surface area is 135 Å². The van der Waals surface area contributed by atoms with Gasteiger partial charge >= 0.3 is 0 Å². The lowest BCUT2D eigenvalue weighted by atomic mass is 10.1. The fourth-order valence-electron chi connectivity index (χ4n) is 2.20. The van der Waals surface area contributed by atoms with Gasteiger partial charge in [-0.25, -0.2) is 4.39 Å². The molecular weight excluding hydrogens is 293 g/mol. The zero-order chi connectivity index (χ0) is 16.1. The molecule has 23 heavy (non-hydrogen) atoms. The minimum atomic E-state index is -0.315. The second-order valence-electron chi connectivity index (χ2n) is 5.39. The number of benzene rings is 1. The lowest BCUT2D eigenvalue weighted by Crippen LogP contribution is -2.46. The average Bonchev–Trinajstić information content (AvgIpc) is 2.51. The Morgan fingerprint density at radius 2 is 2.09 bits per heavy atom. The van der Waals surface area contributed by atoms with Crippen LogP contribution in [0.15, 0.2) is 36.7 Å². The van der Waals surface area contributed by atoms with E-state index in [0.717, 1.165) is 18.5 Å². The second kappa shape index (κ2) is 7.12. The number of halogens is 1. The van der Waals surface area contributed by atoms with Gasteiger partial charge in [0, 0.05) is 36.1 Å². The predicted octanol–water partition coefficient (Wildman–Crippen LogP) is 2.40. The van der Waals surface area contributed by atoms with Crippen LogP contribution in [0.25, 0.3) is 0 Å². The molecule has 0 spiro atoms. The Balaban J connectivity index is 1.71. The molecule has 2 N–H and O–H groups in total. The van der Waals surface area contributed by atoms with Gasteiger partial charge in [0.2, 0.25) is 0 Å². The van der Waals surface area contributed by atoms with E-state index in [2.05, 4.69) is 27.5 Å². The number of ether oxygens (including phenoxy) is 1. The molecule has 0 amide bonds. The summed E-state index contributed by atoms with van der Waals surface area (Å²) in [5.74, 6) is 6.33. The number of nitrogens with zero attached hydrogens (tertiary/aromatic N) is 1. The average molecular weight is 311 g/mol. The summed E-state index contributed by atoms with van der Waals surface area (Å²) < 4.78 is 19.2. The first-order chi connectivity index (χ1) is 11.2. The van der Waals surface area contributed by atoms with Gasteiger partial charge in [-0.1, -0.05) is 11.8 Å². The number of hydrogen-bond donors (Lipinski definition) is 2. The zero-order valence-electron chi connectivity index (χ0n) is 12.9. The molecule has 0 radical (unpaired) electrons. The van der Waals surface area contributed by atoms with Gasteiger partial charge in [-0.3, -0.25) is 4.98 Å². The van der Waals surface area contributed by atoms with E-state index in [1.165, 1.54) is 12.1 Å². The quantitative estimate of drug-likeness (QED) is 0.851. The van der Waals surface area contributed by atoms with Gasteiger partial charge in [0.05, 0.1) is 6.20 Å². The molecule has 3 rings (SSSR count). The highest BCUT2D eigenvalue weighted by Gasteiger charge is 2.16. The molecule has 1 fully saturated rings. The highest BCUT2D eigenvalue weighted by Crippen LogP contribution is 2.14. The van der Waals surface area contributed by atoms with Crippen LogP contribution < -0.4 is 15.4 Å². The molecule has 1 saturated heterocycles. The van der Waals surface area contributed by atoms with Crippen molar-refractivity contribution in [2.45, 2.75) is 12.5 Å². The molecule has 1 aromatic carbocycles. The van der Waals surface area contributed by atoms with Crippen molar-refractivity contribution in [1.82, 2.24) is 10.3 Å². The summed E-state index contributed by atoms with van der Waals surface area (Å²) in [4.78, 5) is 4.14. The van der Waals surface area contributed by atoms with Crippen molar-refractivity contribution in [3.8, 4) is 17.6 Å². The Hall–Kier alpha value is -2.58. The van der Waals surface area contributed by atoms with E-state index in [-0.39, 0.29) is 5.82 Å². The maximum absolute atomic E-state index is 13.5. The number of nitrogens with one attached hydrogen (secondary N) is 2. The largest absolute Gasteiger partial charge is 0.490 e. The van der Waals surface area contributed by atoms with Gasteiger partial charge in [-0.2, -0.15) is 0 Å². The van der Waals surface area contributed by atoms with E-state index < -0.39 is 0 Å². The van der Waals surface area contributed by atoms with Crippen LogP contribution in [0.4, 0.5) is 10.1 Å². The normalized spacial score (nSPS) is 16.0. The maximum Gasteiger partial charge on any atom is 0.138 e. The molecule has 2 aromatic rings. The zero-order valence-corrected chi connectivity index (χ0v) is 12.9. The van der Waals surface area contributed by atoms with Crippen LogP contribution in [0.1, 0.15) is 17.5 Å². The van der Waals surface area contributed by atoms with E-state index >= 15 is 0 Å². The summed E-state index contributed by atoms with van der Waals surface area (Å²) in [6.07, 6.45) is 4.48. The number of pyridine rings is 1. The molecule has 1 atom stereocenters. The van der Waals surface area contributed by atoms with Gasteiger partial charge in [-0.15, -0.1) is 0 Å². The summed E-state index contributed by atoms with van der Waals surface area (Å²) in [6, 6.07) is 6.90. The number of hydrogen-bond acceptors (Lipinski definition) is 4. The van der Waals surface area contributed by atoms with Crippen LogP contribution >= 0.6 is 0 Å². The van der Waals surface area contributed by atoms with Crippen molar-refractivity contribution in [1.29, 1.82) is 0 Å². The van der Waals surface area contributed by atoms with Crippen LogP contribution in [-0.4, -0.2) is 31.2 Å². The van der Waals surface area contributed by atoms with Crippen LogP contribution in [0.3, 0.4) is 0 Å². The third-order valence-corrected chi connectivity index (χ3v) is 3.63. The predicted molar refractivity (Wildman–Crippen MR) is 88.1 cm³/mol. The molecule has 0 unspecified atom stereocenters. The molecule has 0 saturated carbocycles. The fourth-order valence-corrected chi connectivity index (χ4v) is 2.20. The van der Waals surface area contributed by atoms with Gasteiger partial charge in [0.1, 0.15) is 18.2 Å². The highest BCUT2D eigenvalue weighted by molar-refractivity contribution is 5.52. The monoisotopic (exact) mass is 311 g/mol. The minimum Gasteiger partial charge on any atom is -0.490 e.